The second-order valence-electron chi connectivity index (χ2n) is 4.25. The minimum atomic E-state index is -0.213. The average molecular weight is 245 g/mol. The van der Waals surface area contributed by atoms with Crippen molar-refractivity contribution in [2.45, 2.75) is 19.5 Å². The molecule has 0 aliphatic carbocycles. The van der Waals surface area contributed by atoms with Crippen molar-refractivity contribution >= 4 is 0 Å². The highest BCUT2D eigenvalue weighted by Gasteiger charge is 2.10. The van der Waals surface area contributed by atoms with Crippen LogP contribution in [0.3, 0.4) is 0 Å². The molecule has 0 saturated heterocycles. The fraction of sp³-hybridized carbons (Fsp3) is 0.200. The summed E-state index contributed by atoms with van der Waals surface area (Å²) in [6.45, 7) is 2.40. The molecule has 2 aromatic carbocycles. The van der Waals surface area contributed by atoms with E-state index in [1.165, 1.54) is 6.07 Å². The van der Waals surface area contributed by atoms with Crippen LogP contribution in [0.1, 0.15) is 24.1 Å². The third kappa shape index (κ3) is 2.87. The molecule has 0 radical (unpaired) electrons. The van der Waals surface area contributed by atoms with Crippen molar-refractivity contribution in [1.82, 2.24) is 5.32 Å². The number of phenols is 1. The van der Waals surface area contributed by atoms with Crippen LogP contribution in [0.2, 0.25) is 0 Å². The molecular formula is C15H16FNO. The Morgan fingerprint density at radius 2 is 1.78 bits per heavy atom. The van der Waals surface area contributed by atoms with Crippen LogP contribution in [-0.4, -0.2) is 5.11 Å². The van der Waals surface area contributed by atoms with Gasteiger partial charge in [-0.1, -0.05) is 36.4 Å². The van der Waals surface area contributed by atoms with E-state index in [1.54, 1.807) is 24.3 Å². The maximum atomic E-state index is 13.6. The molecule has 0 fully saturated rings. The highest BCUT2D eigenvalue weighted by molar-refractivity contribution is 5.31. The van der Waals surface area contributed by atoms with E-state index < -0.39 is 0 Å². The molecule has 0 unspecified atom stereocenters. The summed E-state index contributed by atoms with van der Waals surface area (Å²) in [5.41, 5.74) is 1.44. The maximum Gasteiger partial charge on any atom is 0.127 e. The molecule has 0 aliphatic heterocycles. The summed E-state index contributed by atoms with van der Waals surface area (Å²) in [7, 11) is 0. The van der Waals surface area contributed by atoms with Crippen molar-refractivity contribution in [1.29, 1.82) is 0 Å². The van der Waals surface area contributed by atoms with Crippen molar-refractivity contribution in [3.8, 4) is 5.75 Å². The maximum absolute atomic E-state index is 13.6. The van der Waals surface area contributed by atoms with Crippen molar-refractivity contribution in [2.75, 3.05) is 0 Å². The molecule has 0 amide bonds. The normalized spacial score (nSPS) is 12.3. The Labute approximate surface area is 106 Å². The Morgan fingerprint density at radius 1 is 1.11 bits per heavy atom. The van der Waals surface area contributed by atoms with Gasteiger partial charge in [-0.3, -0.25) is 0 Å². The van der Waals surface area contributed by atoms with E-state index in [4.69, 9.17) is 0 Å². The molecule has 0 aromatic heterocycles. The predicted molar refractivity (Wildman–Crippen MR) is 69.8 cm³/mol. The van der Waals surface area contributed by atoms with Gasteiger partial charge in [-0.25, -0.2) is 4.39 Å². The lowest BCUT2D eigenvalue weighted by Gasteiger charge is -2.15. The van der Waals surface area contributed by atoms with E-state index in [2.05, 4.69) is 5.32 Å². The molecule has 2 N–H and O–H groups in total. The summed E-state index contributed by atoms with van der Waals surface area (Å²) in [6, 6.07) is 13.7. The van der Waals surface area contributed by atoms with Crippen molar-refractivity contribution in [3.05, 3.63) is 65.5 Å². The predicted octanol–water partition coefficient (Wildman–Crippen LogP) is 3.38. The number of para-hydroxylation sites is 1. The van der Waals surface area contributed by atoms with Crippen LogP contribution < -0.4 is 5.32 Å². The van der Waals surface area contributed by atoms with Crippen LogP contribution in [-0.2, 0) is 6.54 Å². The zero-order valence-electron chi connectivity index (χ0n) is 10.2. The number of hydrogen-bond acceptors (Lipinski definition) is 2. The van der Waals surface area contributed by atoms with Gasteiger partial charge in [0.2, 0.25) is 0 Å². The Morgan fingerprint density at radius 3 is 2.50 bits per heavy atom. The lowest BCUT2D eigenvalue weighted by Crippen LogP contribution is -2.19. The average Bonchev–Trinajstić information content (AvgIpc) is 2.38. The zero-order valence-corrected chi connectivity index (χ0v) is 10.2. The van der Waals surface area contributed by atoms with Gasteiger partial charge in [0.25, 0.3) is 0 Å². The van der Waals surface area contributed by atoms with Gasteiger partial charge < -0.3 is 10.4 Å². The summed E-state index contributed by atoms with van der Waals surface area (Å²) in [6.07, 6.45) is 0. The highest BCUT2D eigenvalue weighted by atomic mass is 19.1. The quantitative estimate of drug-likeness (QED) is 0.865. The SMILES string of the molecule is C[C@@H](NCc1ccccc1O)c1ccccc1F. The lowest BCUT2D eigenvalue weighted by molar-refractivity contribution is 0.458. The lowest BCUT2D eigenvalue weighted by atomic mass is 10.1. The molecule has 1 atom stereocenters. The largest absolute Gasteiger partial charge is 0.508 e. The zero-order chi connectivity index (χ0) is 13.0. The van der Waals surface area contributed by atoms with Crippen molar-refractivity contribution in [3.63, 3.8) is 0 Å². The number of aromatic hydroxyl groups is 1. The fourth-order valence-electron chi connectivity index (χ4n) is 1.86. The van der Waals surface area contributed by atoms with Crippen LogP contribution in [0.4, 0.5) is 4.39 Å². The third-order valence-corrected chi connectivity index (χ3v) is 2.96. The number of benzene rings is 2. The molecule has 0 spiro atoms. The van der Waals surface area contributed by atoms with Gasteiger partial charge in [0.05, 0.1) is 0 Å². The monoisotopic (exact) mass is 245 g/mol. The molecule has 18 heavy (non-hydrogen) atoms. The van der Waals surface area contributed by atoms with E-state index in [0.717, 1.165) is 5.56 Å². The third-order valence-electron chi connectivity index (χ3n) is 2.96. The van der Waals surface area contributed by atoms with Gasteiger partial charge in [0.1, 0.15) is 11.6 Å². The fourth-order valence-corrected chi connectivity index (χ4v) is 1.86. The van der Waals surface area contributed by atoms with Gasteiger partial charge in [0.15, 0.2) is 0 Å². The Hall–Kier alpha value is -1.87. The molecular weight excluding hydrogens is 229 g/mol. The molecule has 2 aromatic rings. The molecule has 94 valence electrons. The molecule has 3 heteroatoms. The first kappa shape index (κ1) is 12.6. The van der Waals surface area contributed by atoms with Gasteiger partial charge in [-0.2, -0.15) is 0 Å². The Balaban J connectivity index is 2.03. The standard InChI is InChI=1S/C15H16FNO/c1-11(13-7-3-4-8-14(13)16)17-10-12-6-2-5-9-15(12)18/h2-9,11,17-18H,10H2,1H3/t11-/m1/s1. The molecule has 0 aliphatic rings. The minimum absolute atomic E-state index is 0.106. The van der Waals surface area contributed by atoms with Crippen molar-refractivity contribution < 1.29 is 9.50 Å². The number of halogens is 1. The molecule has 0 saturated carbocycles. The van der Waals surface area contributed by atoms with E-state index in [1.807, 2.05) is 25.1 Å². The van der Waals surface area contributed by atoms with Gasteiger partial charge in [-0.05, 0) is 19.1 Å². The summed E-state index contributed by atoms with van der Waals surface area (Å²) >= 11 is 0. The van der Waals surface area contributed by atoms with E-state index in [9.17, 15) is 9.50 Å². The van der Waals surface area contributed by atoms with Crippen LogP contribution >= 0.6 is 0 Å². The number of nitrogens with one attached hydrogen (secondary N) is 1. The van der Waals surface area contributed by atoms with E-state index in [-0.39, 0.29) is 17.6 Å². The van der Waals surface area contributed by atoms with Gasteiger partial charge in [0, 0.05) is 23.7 Å². The topological polar surface area (TPSA) is 32.3 Å². The van der Waals surface area contributed by atoms with Crippen LogP contribution in [0, 0.1) is 5.82 Å². The first-order valence-corrected chi connectivity index (χ1v) is 5.93. The molecule has 0 heterocycles. The van der Waals surface area contributed by atoms with Crippen LogP contribution in [0.25, 0.3) is 0 Å². The second-order valence-corrected chi connectivity index (χ2v) is 4.25. The van der Waals surface area contributed by atoms with Gasteiger partial charge >= 0.3 is 0 Å². The first-order valence-electron chi connectivity index (χ1n) is 5.93. The molecule has 2 nitrogen and oxygen atoms in total. The van der Waals surface area contributed by atoms with Gasteiger partial charge in [-0.15, -0.1) is 0 Å². The molecule has 2 rings (SSSR count). The Bertz CT molecular complexity index is 527. The van der Waals surface area contributed by atoms with E-state index >= 15 is 0 Å². The van der Waals surface area contributed by atoms with E-state index in [0.29, 0.717) is 12.1 Å². The number of phenolic OH excluding ortho intramolecular Hbond substituents is 1. The molecule has 0 bridgehead atoms. The summed E-state index contributed by atoms with van der Waals surface area (Å²) in [5, 5.41) is 12.8. The minimum Gasteiger partial charge on any atom is -0.508 e. The Kier molecular flexibility index (Phi) is 3.95. The van der Waals surface area contributed by atoms with Crippen LogP contribution in [0.5, 0.6) is 5.75 Å². The second kappa shape index (κ2) is 5.65. The highest BCUT2D eigenvalue weighted by Crippen LogP contribution is 2.19. The number of hydrogen-bond donors (Lipinski definition) is 2. The summed E-state index contributed by atoms with van der Waals surface area (Å²) in [4.78, 5) is 0. The summed E-state index contributed by atoms with van der Waals surface area (Å²) in [5.74, 6) is 0.0421. The van der Waals surface area contributed by atoms with Crippen LogP contribution in [0.15, 0.2) is 48.5 Å². The smallest absolute Gasteiger partial charge is 0.127 e. The number of rotatable bonds is 4. The van der Waals surface area contributed by atoms with Crippen molar-refractivity contribution in [2.24, 2.45) is 0 Å². The first-order chi connectivity index (χ1) is 8.68. The summed E-state index contributed by atoms with van der Waals surface area (Å²) < 4.78 is 13.6.